The van der Waals surface area contributed by atoms with Crippen LogP contribution in [0.2, 0.25) is 0 Å². The normalized spacial score (nSPS) is 12.1. The van der Waals surface area contributed by atoms with E-state index in [9.17, 15) is 0 Å². The van der Waals surface area contributed by atoms with Crippen LogP contribution in [0.4, 0.5) is 0 Å². The standard InChI is InChI=1S/C20H30N4O2S.HI/c1-6-16-12-22-19(27-16)13-23-20(21-5)24-14(4)15-9-10-17(25-7-2)18(11-15)26-8-3;/h9-12,14H,6-8,13H2,1-5H3,(H2,21,23,24);1H. The molecule has 0 saturated heterocycles. The molecule has 156 valence electrons. The molecule has 0 radical (unpaired) electrons. The van der Waals surface area contributed by atoms with Gasteiger partial charge < -0.3 is 20.1 Å². The van der Waals surface area contributed by atoms with Gasteiger partial charge in [-0.25, -0.2) is 4.98 Å². The monoisotopic (exact) mass is 518 g/mol. The average molecular weight is 518 g/mol. The summed E-state index contributed by atoms with van der Waals surface area (Å²) in [6, 6.07) is 6.09. The van der Waals surface area contributed by atoms with Gasteiger partial charge in [0.1, 0.15) is 5.01 Å². The van der Waals surface area contributed by atoms with Crippen LogP contribution < -0.4 is 20.1 Å². The summed E-state index contributed by atoms with van der Waals surface area (Å²) in [5.74, 6) is 2.28. The molecule has 0 aliphatic carbocycles. The zero-order valence-corrected chi connectivity index (χ0v) is 20.4. The molecule has 0 amide bonds. The number of hydrogen-bond acceptors (Lipinski definition) is 5. The van der Waals surface area contributed by atoms with Gasteiger partial charge in [-0.05, 0) is 44.9 Å². The largest absolute Gasteiger partial charge is 0.490 e. The Labute approximate surface area is 189 Å². The van der Waals surface area contributed by atoms with Crippen molar-refractivity contribution in [3.05, 3.63) is 39.8 Å². The maximum absolute atomic E-state index is 5.72. The lowest BCUT2D eigenvalue weighted by molar-refractivity contribution is 0.287. The first-order valence-electron chi connectivity index (χ1n) is 9.41. The van der Waals surface area contributed by atoms with E-state index in [2.05, 4.69) is 34.5 Å². The summed E-state index contributed by atoms with van der Waals surface area (Å²) in [6.07, 6.45) is 2.96. The molecule has 0 aliphatic heterocycles. The van der Waals surface area contributed by atoms with Crippen molar-refractivity contribution in [2.45, 2.75) is 46.7 Å². The predicted molar refractivity (Wildman–Crippen MR) is 127 cm³/mol. The first-order valence-corrected chi connectivity index (χ1v) is 10.2. The van der Waals surface area contributed by atoms with Gasteiger partial charge >= 0.3 is 0 Å². The Kier molecular flexibility index (Phi) is 11.2. The second-order valence-electron chi connectivity index (χ2n) is 5.94. The number of halogens is 1. The van der Waals surface area contributed by atoms with Crippen molar-refractivity contribution in [3.8, 4) is 11.5 Å². The Morgan fingerprint density at radius 3 is 2.50 bits per heavy atom. The summed E-state index contributed by atoms with van der Waals surface area (Å²) in [6.45, 7) is 10.0. The predicted octanol–water partition coefficient (Wildman–Crippen LogP) is 4.55. The zero-order chi connectivity index (χ0) is 19.6. The van der Waals surface area contributed by atoms with Gasteiger partial charge in [-0.15, -0.1) is 35.3 Å². The van der Waals surface area contributed by atoms with Crippen molar-refractivity contribution in [1.82, 2.24) is 15.6 Å². The highest BCUT2D eigenvalue weighted by atomic mass is 127. The van der Waals surface area contributed by atoms with E-state index in [-0.39, 0.29) is 30.0 Å². The molecule has 1 aromatic heterocycles. The van der Waals surface area contributed by atoms with Crippen molar-refractivity contribution < 1.29 is 9.47 Å². The molecule has 1 aromatic carbocycles. The number of aliphatic imine (C=N–C) groups is 1. The molecule has 2 rings (SSSR count). The van der Waals surface area contributed by atoms with Crippen molar-refractivity contribution >= 4 is 41.3 Å². The fourth-order valence-corrected chi connectivity index (χ4v) is 3.37. The van der Waals surface area contributed by atoms with Gasteiger partial charge in [0.2, 0.25) is 0 Å². The van der Waals surface area contributed by atoms with Gasteiger partial charge in [0, 0.05) is 18.1 Å². The van der Waals surface area contributed by atoms with Gasteiger partial charge in [-0.2, -0.15) is 0 Å². The molecular formula is C20H31IN4O2S. The summed E-state index contributed by atoms with van der Waals surface area (Å²) in [5, 5.41) is 7.80. The Bertz CT molecular complexity index is 752. The number of aromatic nitrogens is 1. The highest BCUT2D eigenvalue weighted by Crippen LogP contribution is 2.30. The van der Waals surface area contributed by atoms with Crippen molar-refractivity contribution in [2.75, 3.05) is 20.3 Å². The minimum absolute atomic E-state index is 0. The van der Waals surface area contributed by atoms with E-state index >= 15 is 0 Å². The molecule has 2 aromatic rings. The Balaban J connectivity index is 0.00000392. The van der Waals surface area contributed by atoms with Crippen LogP contribution in [0.3, 0.4) is 0 Å². The van der Waals surface area contributed by atoms with Crippen molar-refractivity contribution in [3.63, 3.8) is 0 Å². The van der Waals surface area contributed by atoms with E-state index in [0.717, 1.165) is 34.5 Å². The second-order valence-corrected chi connectivity index (χ2v) is 7.14. The van der Waals surface area contributed by atoms with Crippen LogP contribution in [0.15, 0.2) is 29.4 Å². The Morgan fingerprint density at radius 1 is 1.18 bits per heavy atom. The van der Waals surface area contributed by atoms with E-state index in [4.69, 9.17) is 9.47 Å². The molecule has 6 nitrogen and oxygen atoms in total. The average Bonchev–Trinajstić information content (AvgIpc) is 3.14. The highest BCUT2D eigenvalue weighted by molar-refractivity contribution is 14.0. The number of hydrogen-bond donors (Lipinski definition) is 2. The zero-order valence-electron chi connectivity index (χ0n) is 17.2. The summed E-state index contributed by atoms with van der Waals surface area (Å²) in [5.41, 5.74) is 1.10. The van der Waals surface area contributed by atoms with Crippen molar-refractivity contribution in [2.24, 2.45) is 4.99 Å². The highest BCUT2D eigenvalue weighted by Gasteiger charge is 2.13. The molecule has 1 atom stereocenters. The number of nitrogens with zero attached hydrogens (tertiary/aromatic N) is 2. The number of ether oxygens (including phenoxy) is 2. The maximum Gasteiger partial charge on any atom is 0.191 e. The van der Waals surface area contributed by atoms with Crippen LogP contribution in [0.25, 0.3) is 0 Å². The molecule has 0 aliphatic rings. The number of guanidine groups is 1. The first-order chi connectivity index (χ1) is 13.1. The molecule has 1 unspecified atom stereocenters. The third-order valence-corrected chi connectivity index (χ3v) is 5.14. The van der Waals surface area contributed by atoms with E-state index in [0.29, 0.717) is 19.8 Å². The van der Waals surface area contributed by atoms with Crippen LogP contribution in [-0.2, 0) is 13.0 Å². The minimum Gasteiger partial charge on any atom is -0.490 e. The van der Waals surface area contributed by atoms with E-state index in [1.54, 1.807) is 18.4 Å². The Hall–Kier alpha value is -1.55. The van der Waals surface area contributed by atoms with Gasteiger partial charge in [0.15, 0.2) is 17.5 Å². The van der Waals surface area contributed by atoms with E-state index in [1.807, 2.05) is 38.2 Å². The maximum atomic E-state index is 5.72. The molecule has 0 fully saturated rings. The van der Waals surface area contributed by atoms with Gasteiger partial charge in [0.25, 0.3) is 0 Å². The molecule has 28 heavy (non-hydrogen) atoms. The Morgan fingerprint density at radius 2 is 1.89 bits per heavy atom. The van der Waals surface area contributed by atoms with Crippen LogP contribution in [0.1, 0.15) is 49.2 Å². The van der Waals surface area contributed by atoms with E-state index in [1.165, 1.54) is 4.88 Å². The molecule has 0 spiro atoms. The third kappa shape index (κ3) is 7.12. The number of thiazole rings is 1. The lowest BCUT2D eigenvalue weighted by Gasteiger charge is -2.19. The fourth-order valence-electron chi connectivity index (χ4n) is 2.57. The molecule has 8 heteroatoms. The van der Waals surface area contributed by atoms with Crippen LogP contribution in [0, 0.1) is 0 Å². The topological polar surface area (TPSA) is 67.8 Å². The molecule has 0 saturated carbocycles. The molecule has 2 N–H and O–H groups in total. The fraction of sp³-hybridized carbons (Fsp3) is 0.500. The number of benzene rings is 1. The summed E-state index contributed by atoms with van der Waals surface area (Å²) < 4.78 is 11.4. The molecule has 1 heterocycles. The van der Waals surface area contributed by atoms with Gasteiger partial charge in [0.05, 0.1) is 25.8 Å². The lowest BCUT2D eigenvalue weighted by atomic mass is 10.1. The summed E-state index contributed by atoms with van der Waals surface area (Å²) >= 11 is 1.73. The SMILES string of the molecule is CCOc1ccc(C(C)NC(=NC)NCc2ncc(CC)s2)cc1OCC.I. The number of rotatable bonds is 9. The van der Waals surface area contributed by atoms with Crippen LogP contribution in [0.5, 0.6) is 11.5 Å². The molecular weight excluding hydrogens is 487 g/mol. The van der Waals surface area contributed by atoms with Gasteiger partial charge in [-0.3, -0.25) is 4.99 Å². The molecule has 0 bridgehead atoms. The quantitative estimate of drug-likeness (QED) is 0.290. The first kappa shape index (κ1) is 24.5. The van der Waals surface area contributed by atoms with E-state index < -0.39 is 0 Å². The summed E-state index contributed by atoms with van der Waals surface area (Å²) in [4.78, 5) is 10.0. The summed E-state index contributed by atoms with van der Waals surface area (Å²) in [7, 11) is 1.77. The van der Waals surface area contributed by atoms with Crippen molar-refractivity contribution in [1.29, 1.82) is 0 Å². The lowest BCUT2D eigenvalue weighted by Crippen LogP contribution is -2.38. The van der Waals surface area contributed by atoms with Gasteiger partial charge in [-0.1, -0.05) is 13.0 Å². The van der Waals surface area contributed by atoms with Crippen LogP contribution >= 0.6 is 35.3 Å². The number of nitrogens with one attached hydrogen (secondary N) is 2. The minimum atomic E-state index is 0. The third-order valence-electron chi connectivity index (χ3n) is 4.00. The second kappa shape index (κ2) is 12.8. The smallest absolute Gasteiger partial charge is 0.191 e. The van der Waals surface area contributed by atoms with Crippen LogP contribution in [-0.4, -0.2) is 31.2 Å². The number of aryl methyl sites for hydroxylation is 1.